The van der Waals surface area contributed by atoms with E-state index in [-0.39, 0.29) is 31.1 Å². The molecule has 0 aromatic rings. The topological polar surface area (TPSA) is 78.9 Å². The highest BCUT2D eigenvalue weighted by molar-refractivity contribution is 5.71. The van der Waals surface area contributed by atoms with E-state index in [4.69, 9.17) is 14.2 Å². The van der Waals surface area contributed by atoms with Crippen molar-refractivity contribution in [2.75, 3.05) is 13.2 Å². The molecule has 0 aliphatic heterocycles. The summed E-state index contributed by atoms with van der Waals surface area (Å²) in [5.74, 6) is -0.910. The van der Waals surface area contributed by atoms with Crippen molar-refractivity contribution < 1.29 is 28.6 Å². The van der Waals surface area contributed by atoms with Crippen LogP contribution in [-0.2, 0) is 28.6 Å². The van der Waals surface area contributed by atoms with Gasteiger partial charge in [0.1, 0.15) is 13.2 Å². The van der Waals surface area contributed by atoms with Gasteiger partial charge in [0.05, 0.1) is 0 Å². The van der Waals surface area contributed by atoms with E-state index in [9.17, 15) is 14.4 Å². The van der Waals surface area contributed by atoms with Crippen LogP contribution in [0.25, 0.3) is 0 Å². The summed E-state index contributed by atoms with van der Waals surface area (Å²) in [6.45, 7) is 6.46. The molecule has 0 aliphatic rings. The molecule has 0 N–H and O–H groups in total. The van der Waals surface area contributed by atoms with E-state index in [1.807, 2.05) is 0 Å². The quantitative estimate of drug-likeness (QED) is 0.0262. The first-order chi connectivity index (χ1) is 30.5. The van der Waals surface area contributed by atoms with Crippen molar-refractivity contribution in [1.82, 2.24) is 0 Å². The Morgan fingerprint density at radius 1 is 0.339 bits per heavy atom. The maximum atomic E-state index is 12.8. The number of allylic oxidation sites excluding steroid dienone is 10. The SMILES string of the molecule is CC\C=C/C=C\C=C/CCCCCCCC(=O)OCC(COC(=O)CCCCCCCCCCCCCCCCCC)OC(=O)CCCCCCCC/C=C\C=C/CCCCC. The van der Waals surface area contributed by atoms with E-state index >= 15 is 0 Å². The van der Waals surface area contributed by atoms with E-state index in [0.29, 0.717) is 19.3 Å². The van der Waals surface area contributed by atoms with E-state index in [1.165, 1.54) is 122 Å². The molecule has 0 saturated carbocycles. The number of esters is 3. The van der Waals surface area contributed by atoms with Crippen LogP contribution < -0.4 is 0 Å². The third kappa shape index (κ3) is 48.1. The van der Waals surface area contributed by atoms with Crippen molar-refractivity contribution in [3.05, 3.63) is 60.8 Å². The van der Waals surface area contributed by atoms with Gasteiger partial charge in [-0.15, -0.1) is 0 Å². The zero-order valence-corrected chi connectivity index (χ0v) is 40.9. The minimum absolute atomic E-state index is 0.0838. The van der Waals surface area contributed by atoms with E-state index in [2.05, 4.69) is 81.5 Å². The normalized spacial score (nSPS) is 12.5. The van der Waals surface area contributed by atoms with Crippen LogP contribution in [0.2, 0.25) is 0 Å². The van der Waals surface area contributed by atoms with Crippen LogP contribution in [0.5, 0.6) is 0 Å². The van der Waals surface area contributed by atoms with Crippen LogP contribution >= 0.6 is 0 Å². The lowest BCUT2D eigenvalue weighted by Gasteiger charge is -2.18. The third-order valence-corrected chi connectivity index (χ3v) is 11.3. The molecule has 0 heterocycles. The van der Waals surface area contributed by atoms with Crippen molar-refractivity contribution >= 4 is 17.9 Å². The van der Waals surface area contributed by atoms with Crippen molar-refractivity contribution in [1.29, 1.82) is 0 Å². The summed E-state index contributed by atoms with van der Waals surface area (Å²) in [4.78, 5) is 38.0. The van der Waals surface area contributed by atoms with Gasteiger partial charge in [-0.05, 0) is 64.2 Å². The number of hydrogen-bond acceptors (Lipinski definition) is 6. The second kappa shape index (κ2) is 50.8. The Bertz CT molecular complexity index is 1130. The number of ether oxygens (including phenoxy) is 3. The molecular formula is C56H98O6. The molecule has 0 amide bonds. The molecule has 0 aliphatic carbocycles. The molecule has 62 heavy (non-hydrogen) atoms. The van der Waals surface area contributed by atoms with Crippen molar-refractivity contribution in [2.45, 2.75) is 264 Å². The van der Waals surface area contributed by atoms with Crippen molar-refractivity contribution in [3.8, 4) is 0 Å². The molecular weight excluding hydrogens is 769 g/mol. The van der Waals surface area contributed by atoms with Crippen molar-refractivity contribution in [2.24, 2.45) is 0 Å². The van der Waals surface area contributed by atoms with Gasteiger partial charge in [-0.25, -0.2) is 0 Å². The third-order valence-electron chi connectivity index (χ3n) is 11.3. The zero-order chi connectivity index (χ0) is 45.1. The number of carbonyl (C=O) groups excluding carboxylic acids is 3. The highest BCUT2D eigenvalue weighted by atomic mass is 16.6. The van der Waals surface area contributed by atoms with Gasteiger partial charge >= 0.3 is 17.9 Å². The largest absolute Gasteiger partial charge is 0.462 e. The lowest BCUT2D eigenvalue weighted by atomic mass is 10.0. The highest BCUT2D eigenvalue weighted by Gasteiger charge is 2.19. The van der Waals surface area contributed by atoms with Crippen LogP contribution in [0.15, 0.2) is 60.8 Å². The van der Waals surface area contributed by atoms with Crippen LogP contribution in [0, 0.1) is 0 Å². The zero-order valence-electron chi connectivity index (χ0n) is 40.9. The Hall–Kier alpha value is -2.89. The summed E-state index contributed by atoms with van der Waals surface area (Å²) < 4.78 is 16.8. The summed E-state index contributed by atoms with van der Waals surface area (Å²) in [7, 11) is 0. The molecule has 0 aromatic carbocycles. The number of hydrogen-bond donors (Lipinski definition) is 0. The first-order valence-corrected chi connectivity index (χ1v) is 26.3. The molecule has 0 fully saturated rings. The average molecular weight is 867 g/mol. The molecule has 6 heteroatoms. The molecule has 6 nitrogen and oxygen atoms in total. The fourth-order valence-electron chi connectivity index (χ4n) is 7.37. The summed E-state index contributed by atoms with van der Waals surface area (Å²) >= 11 is 0. The van der Waals surface area contributed by atoms with Crippen LogP contribution in [0.1, 0.15) is 258 Å². The smallest absolute Gasteiger partial charge is 0.306 e. The minimum atomic E-state index is -0.786. The number of rotatable bonds is 47. The van der Waals surface area contributed by atoms with Gasteiger partial charge in [0.25, 0.3) is 0 Å². The fraction of sp³-hybridized carbons (Fsp3) is 0.768. The summed E-state index contributed by atoms with van der Waals surface area (Å²) in [5, 5.41) is 0. The van der Waals surface area contributed by atoms with Gasteiger partial charge in [0.2, 0.25) is 0 Å². The molecule has 0 bridgehead atoms. The first kappa shape index (κ1) is 59.1. The van der Waals surface area contributed by atoms with Gasteiger partial charge < -0.3 is 14.2 Å². The lowest BCUT2D eigenvalue weighted by molar-refractivity contribution is -0.167. The summed E-state index contributed by atoms with van der Waals surface area (Å²) in [5.41, 5.74) is 0. The van der Waals surface area contributed by atoms with Crippen molar-refractivity contribution in [3.63, 3.8) is 0 Å². The Morgan fingerprint density at radius 2 is 0.629 bits per heavy atom. The maximum Gasteiger partial charge on any atom is 0.306 e. The molecule has 1 unspecified atom stereocenters. The maximum absolute atomic E-state index is 12.8. The Labute approximate surface area is 383 Å². The van der Waals surface area contributed by atoms with E-state index < -0.39 is 6.10 Å². The minimum Gasteiger partial charge on any atom is -0.462 e. The molecule has 0 aromatic heterocycles. The number of carbonyl (C=O) groups is 3. The molecule has 0 saturated heterocycles. The second-order valence-corrected chi connectivity index (χ2v) is 17.5. The van der Waals surface area contributed by atoms with Gasteiger partial charge in [-0.1, -0.05) is 236 Å². The highest BCUT2D eigenvalue weighted by Crippen LogP contribution is 2.16. The Kier molecular flexibility index (Phi) is 48.4. The van der Waals surface area contributed by atoms with Gasteiger partial charge in [0, 0.05) is 19.3 Å². The Morgan fingerprint density at radius 3 is 1.02 bits per heavy atom. The predicted molar refractivity (Wildman–Crippen MR) is 265 cm³/mol. The standard InChI is InChI=1S/C56H98O6/c1-4-7-10-13-16-19-22-25-27-29-31-34-37-40-43-46-49-55(58)61-52-53(51-60-54(57)48-45-42-39-36-33-30-24-21-18-15-12-9-6-3)62-56(59)50-47-44-41-38-35-32-28-26-23-20-17-14-11-8-5-2/h9,12,15,17-18,20-21,23-24,26,53H,4-8,10-11,13-14,16,19,22,25,27-52H2,1-3H3/b12-9-,18-15-,20-17-,24-21-,26-23-. The van der Waals surface area contributed by atoms with Crippen LogP contribution in [-0.4, -0.2) is 37.2 Å². The fourth-order valence-corrected chi connectivity index (χ4v) is 7.37. The number of unbranched alkanes of at least 4 members (excludes halogenated alkanes) is 29. The predicted octanol–water partition coefficient (Wildman–Crippen LogP) is 17.3. The Balaban J connectivity index is 4.40. The van der Waals surface area contributed by atoms with Gasteiger partial charge in [-0.2, -0.15) is 0 Å². The van der Waals surface area contributed by atoms with E-state index in [1.54, 1.807) is 0 Å². The first-order valence-electron chi connectivity index (χ1n) is 26.3. The summed E-state index contributed by atoms with van der Waals surface area (Å²) in [6, 6.07) is 0. The lowest BCUT2D eigenvalue weighted by Crippen LogP contribution is -2.30. The summed E-state index contributed by atoms with van der Waals surface area (Å²) in [6.07, 6.45) is 62.0. The molecule has 0 rings (SSSR count). The molecule has 0 radical (unpaired) electrons. The van der Waals surface area contributed by atoms with E-state index in [0.717, 1.165) is 96.3 Å². The molecule has 1 atom stereocenters. The van der Waals surface area contributed by atoms with Crippen LogP contribution in [0.3, 0.4) is 0 Å². The van der Waals surface area contributed by atoms with Gasteiger partial charge in [0.15, 0.2) is 6.10 Å². The molecule has 0 spiro atoms. The second-order valence-electron chi connectivity index (χ2n) is 17.5. The monoisotopic (exact) mass is 867 g/mol. The van der Waals surface area contributed by atoms with Gasteiger partial charge in [-0.3, -0.25) is 14.4 Å². The average Bonchev–Trinajstić information content (AvgIpc) is 3.27. The van der Waals surface area contributed by atoms with Crippen LogP contribution in [0.4, 0.5) is 0 Å². The molecule has 358 valence electrons.